The fourth-order valence-corrected chi connectivity index (χ4v) is 7.67. The van der Waals surface area contributed by atoms with Crippen molar-refractivity contribution in [1.82, 2.24) is 43.6 Å². The fraction of sp³-hybridized carbons (Fsp3) is 0.400. The number of anilines is 2. The van der Waals surface area contributed by atoms with Crippen molar-refractivity contribution < 1.29 is 33.4 Å². The zero-order valence-corrected chi connectivity index (χ0v) is 38.5. The smallest absolute Gasteiger partial charge is 0.276 e. The lowest BCUT2D eigenvalue weighted by molar-refractivity contribution is -0.131. The number of hydrogen-bond acceptors (Lipinski definition) is 12. The number of aromatic nitrogens is 8. The summed E-state index contributed by atoms with van der Waals surface area (Å²) in [5, 5.41) is 14.7. The van der Waals surface area contributed by atoms with E-state index in [1.54, 1.807) is 56.4 Å². The van der Waals surface area contributed by atoms with Crippen molar-refractivity contribution in [3.05, 3.63) is 82.5 Å². The van der Waals surface area contributed by atoms with Crippen LogP contribution in [0, 0.1) is 19.8 Å². The lowest BCUT2D eigenvalue weighted by atomic mass is 10.0. The Labute approximate surface area is 381 Å². The zero-order valence-electron chi connectivity index (χ0n) is 38.5. The molecule has 0 saturated carbocycles. The molecule has 21 nitrogen and oxygen atoms in total. The Morgan fingerprint density at radius 1 is 0.758 bits per heavy atom. The van der Waals surface area contributed by atoms with Crippen molar-refractivity contribution in [2.75, 3.05) is 37.9 Å². The summed E-state index contributed by atoms with van der Waals surface area (Å²) in [6.07, 6.45) is 4.63. The molecule has 0 bridgehead atoms. The summed E-state index contributed by atoms with van der Waals surface area (Å²) in [4.78, 5) is 76.4. The molecule has 21 heteroatoms. The summed E-state index contributed by atoms with van der Waals surface area (Å²) in [6.45, 7) is 13.0. The van der Waals surface area contributed by atoms with Crippen molar-refractivity contribution in [2.45, 2.75) is 86.6 Å². The number of rotatable bonds is 21. The predicted molar refractivity (Wildman–Crippen MR) is 249 cm³/mol. The number of carbonyl (C=O) groups is 5. The highest BCUT2D eigenvalue weighted by atomic mass is 16.5. The number of nitrogens with two attached hydrogens (primary N) is 3. The first kappa shape index (κ1) is 47.9. The first-order chi connectivity index (χ1) is 31.4. The molecule has 1 atom stereocenters. The van der Waals surface area contributed by atoms with Crippen molar-refractivity contribution in [3.8, 4) is 11.5 Å². The van der Waals surface area contributed by atoms with Crippen LogP contribution in [-0.2, 0) is 31.0 Å². The maximum atomic E-state index is 13.9. The standard InChI is InChI=1S/C45H58N14O7/c1-9-58-33(19-26(5)53-58)41(62)51-44-49-31-21-28(39(47)60)23-35(65-8)37(31)56(44)15-11-12-16-57-38-32(50-45(57)52-42(63)34-20-27(6)54-59(34)10-2)22-29(40(48)61)24-36(38)66-17-13-14-55(7)43(64)30(46)18-25(3)4/h11-12,19-25,30H,9-10,13-18,46H2,1-8H3,(H2,47,60)(H2,48,61)(H,49,51,62)(H,50,52,63)/b12-11+/t30-/m0/s1. The van der Waals surface area contributed by atoms with Crippen molar-refractivity contribution in [2.24, 2.45) is 23.1 Å². The van der Waals surface area contributed by atoms with E-state index in [2.05, 4.69) is 20.8 Å². The highest BCUT2D eigenvalue weighted by Crippen LogP contribution is 2.33. The molecule has 0 aliphatic carbocycles. The van der Waals surface area contributed by atoms with Gasteiger partial charge in [-0.15, -0.1) is 0 Å². The number of ether oxygens (including phenoxy) is 2. The molecule has 0 spiro atoms. The monoisotopic (exact) mass is 906 g/mol. The molecular formula is C45H58N14O7. The molecule has 6 rings (SSSR count). The number of aryl methyl sites for hydroxylation is 4. The minimum Gasteiger partial charge on any atom is -0.494 e. The van der Waals surface area contributed by atoms with Crippen molar-refractivity contribution in [1.29, 1.82) is 0 Å². The van der Waals surface area contributed by atoms with Crippen molar-refractivity contribution in [3.63, 3.8) is 0 Å². The number of hydrogen-bond donors (Lipinski definition) is 5. The number of methoxy groups -OCH3 is 1. The molecule has 0 unspecified atom stereocenters. The Morgan fingerprint density at radius 2 is 1.23 bits per heavy atom. The van der Waals surface area contributed by atoms with Crippen LogP contribution in [0.4, 0.5) is 11.9 Å². The van der Waals surface area contributed by atoms with Gasteiger partial charge in [0.15, 0.2) is 0 Å². The zero-order chi connectivity index (χ0) is 48.0. The average Bonchev–Trinajstić information content (AvgIpc) is 4.04. The van der Waals surface area contributed by atoms with Crippen LogP contribution in [0.1, 0.15) is 93.6 Å². The minimum atomic E-state index is -0.711. The molecule has 2 aromatic carbocycles. The number of nitrogens with zero attached hydrogens (tertiary/aromatic N) is 9. The van der Waals surface area contributed by atoms with E-state index in [1.807, 2.05) is 39.8 Å². The van der Waals surface area contributed by atoms with Crippen LogP contribution in [0.3, 0.4) is 0 Å². The molecule has 350 valence electrons. The van der Waals surface area contributed by atoms with Crippen LogP contribution in [0.15, 0.2) is 48.6 Å². The highest BCUT2D eigenvalue weighted by molar-refractivity contribution is 6.05. The Balaban J connectivity index is 1.37. The van der Waals surface area contributed by atoms with Crippen LogP contribution in [0.5, 0.6) is 11.5 Å². The average molecular weight is 907 g/mol. The molecule has 0 fully saturated rings. The molecule has 4 heterocycles. The van der Waals surface area contributed by atoms with Crippen molar-refractivity contribution >= 4 is 63.5 Å². The molecule has 0 aliphatic rings. The van der Waals surface area contributed by atoms with E-state index in [-0.39, 0.29) is 60.3 Å². The second-order valence-electron chi connectivity index (χ2n) is 16.3. The van der Waals surface area contributed by atoms with E-state index in [4.69, 9.17) is 36.6 Å². The van der Waals surface area contributed by atoms with Gasteiger partial charge < -0.3 is 40.7 Å². The SMILES string of the molecule is CCn1nc(C)cc1C(=O)Nc1nc2cc(C(N)=O)cc(OC)c2n1C/C=C/Cn1c(NC(=O)c2cc(C)nn2CC)nc2cc(C(N)=O)cc(OCCCN(C)C(=O)[C@@H](N)CC(C)C)c21. The normalized spacial score (nSPS) is 12.0. The molecule has 6 aromatic rings. The number of primary amides is 2. The molecule has 0 aliphatic heterocycles. The van der Waals surface area contributed by atoms with Gasteiger partial charge in [0.1, 0.15) is 33.9 Å². The number of fused-ring (bicyclic) bond motifs is 2. The maximum absolute atomic E-state index is 13.9. The van der Waals surface area contributed by atoms with E-state index in [1.165, 1.54) is 31.4 Å². The summed E-state index contributed by atoms with van der Waals surface area (Å²) in [6, 6.07) is 8.80. The minimum absolute atomic E-state index is 0.113. The number of likely N-dealkylation sites (N-methyl/N-ethyl adjacent to an activating group) is 1. The molecular weight excluding hydrogens is 849 g/mol. The van der Waals surface area contributed by atoms with Gasteiger partial charge in [0.25, 0.3) is 11.8 Å². The Bertz CT molecular complexity index is 2830. The molecule has 4 aromatic heterocycles. The first-order valence-corrected chi connectivity index (χ1v) is 21.7. The topological polar surface area (TPSA) is 280 Å². The number of carbonyl (C=O) groups excluding carboxylic acids is 5. The van der Waals surface area contributed by atoms with E-state index in [0.717, 1.165) is 0 Å². The summed E-state index contributed by atoms with van der Waals surface area (Å²) in [5.41, 5.74) is 21.4. The maximum Gasteiger partial charge on any atom is 0.276 e. The largest absolute Gasteiger partial charge is 0.494 e. The lowest BCUT2D eigenvalue weighted by Crippen LogP contribution is -2.43. The van der Waals surface area contributed by atoms with Crippen LogP contribution in [0.25, 0.3) is 22.1 Å². The van der Waals surface area contributed by atoms with E-state index < -0.39 is 29.7 Å². The number of amides is 5. The van der Waals surface area contributed by atoms with Crippen LogP contribution < -0.4 is 37.3 Å². The van der Waals surface area contributed by atoms with Gasteiger partial charge >= 0.3 is 0 Å². The molecule has 5 amide bonds. The summed E-state index contributed by atoms with van der Waals surface area (Å²) < 4.78 is 18.6. The summed E-state index contributed by atoms with van der Waals surface area (Å²) >= 11 is 0. The van der Waals surface area contributed by atoms with Crippen LogP contribution in [0.2, 0.25) is 0 Å². The van der Waals surface area contributed by atoms with Gasteiger partial charge in [-0.2, -0.15) is 10.2 Å². The Kier molecular flexibility index (Phi) is 14.9. The van der Waals surface area contributed by atoms with Gasteiger partial charge in [-0.1, -0.05) is 26.0 Å². The molecule has 0 saturated heterocycles. The van der Waals surface area contributed by atoms with Gasteiger partial charge in [0.2, 0.25) is 29.6 Å². The van der Waals surface area contributed by atoms with Gasteiger partial charge in [-0.3, -0.25) is 44.0 Å². The quantitative estimate of drug-likeness (QED) is 0.0506. The highest BCUT2D eigenvalue weighted by Gasteiger charge is 2.24. The van der Waals surface area contributed by atoms with E-state index in [0.29, 0.717) is 83.1 Å². The summed E-state index contributed by atoms with van der Waals surface area (Å²) in [5.74, 6) is -1.35. The second kappa shape index (κ2) is 20.5. The molecule has 8 N–H and O–H groups in total. The van der Waals surface area contributed by atoms with E-state index >= 15 is 0 Å². The molecule has 66 heavy (non-hydrogen) atoms. The number of benzene rings is 2. The number of imidazole rings is 2. The van der Waals surface area contributed by atoms with Crippen LogP contribution >= 0.6 is 0 Å². The third kappa shape index (κ3) is 10.5. The van der Waals surface area contributed by atoms with Gasteiger partial charge in [0, 0.05) is 50.9 Å². The third-order valence-electron chi connectivity index (χ3n) is 10.8. The van der Waals surface area contributed by atoms with Gasteiger partial charge in [0.05, 0.1) is 42.2 Å². The Morgan fingerprint density at radius 3 is 1.67 bits per heavy atom. The van der Waals surface area contributed by atoms with E-state index in [9.17, 15) is 24.0 Å². The van der Waals surface area contributed by atoms with Gasteiger partial charge in [-0.25, -0.2) is 9.97 Å². The number of nitrogens with one attached hydrogen (secondary N) is 2. The van der Waals surface area contributed by atoms with Gasteiger partial charge in [-0.05, 0) is 82.9 Å². The summed E-state index contributed by atoms with van der Waals surface area (Å²) in [7, 11) is 3.14. The second-order valence-corrected chi connectivity index (χ2v) is 16.3. The Hall–Kier alpha value is -7.55. The molecule has 0 radical (unpaired) electrons. The fourth-order valence-electron chi connectivity index (χ4n) is 7.67. The lowest BCUT2D eigenvalue weighted by Gasteiger charge is -2.22. The predicted octanol–water partition coefficient (Wildman–Crippen LogP) is 4.00. The van der Waals surface area contributed by atoms with Crippen LogP contribution in [-0.4, -0.2) is 106 Å². The third-order valence-corrected chi connectivity index (χ3v) is 10.8. The first-order valence-electron chi connectivity index (χ1n) is 21.7. The number of allylic oxidation sites excluding steroid dienone is 2.